The first-order valence-corrected chi connectivity index (χ1v) is 9.50. The zero-order valence-electron chi connectivity index (χ0n) is 15.9. The van der Waals surface area contributed by atoms with E-state index < -0.39 is 11.5 Å². The quantitative estimate of drug-likeness (QED) is 0.797. The number of ether oxygens (including phenoxy) is 1. The molecule has 4 rings (SSSR count). The summed E-state index contributed by atoms with van der Waals surface area (Å²) in [7, 11) is 0. The van der Waals surface area contributed by atoms with Crippen LogP contribution in [0.3, 0.4) is 0 Å². The first kappa shape index (κ1) is 18.2. The Balaban J connectivity index is 1.96. The molecule has 1 aromatic heterocycles. The summed E-state index contributed by atoms with van der Waals surface area (Å²) in [6.07, 6.45) is 3.09. The number of rotatable bonds is 2. The van der Waals surface area contributed by atoms with Crippen LogP contribution in [0.5, 0.6) is 0 Å². The van der Waals surface area contributed by atoms with Crippen LogP contribution in [-0.2, 0) is 21.4 Å². The van der Waals surface area contributed by atoms with Crippen LogP contribution in [-0.4, -0.2) is 28.3 Å². The van der Waals surface area contributed by atoms with Crippen molar-refractivity contribution in [1.29, 1.82) is 5.26 Å². The monoisotopic (exact) mass is 375 g/mol. The number of aromatic nitrogens is 2. The molecule has 2 aliphatic carbocycles. The molecule has 0 radical (unpaired) electrons. The van der Waals surface area contributed by atoms with E-state index in [0.717, 1.165) is 35.4 Å². The summed E-state index contributed by atoms with van der Waals surface area (Å²) < 4.78 is 6.58. The van der Waals surface area contributed by atoms with Crippen LogP contribution >= 0.6 is 0 Å². The topological polar surface area (TPSA) is 85.0 Å². The first-order chi connectivity index (χ1) is 13.5. The minimum atomic E-state index is -0.562. The van der Waals surface area contributed by atoms with Crippen molar-refractivity contribution in [1.82, 2.24) is 9.78 Å². The van der Waals surface area contributed by atoms with Gasteiger partial charge in [0.05, 0.1) is 23.6 Å². The third-order valence-electron chi connectivity index (χ3n) is 5.87. The van der Waals surface area contributed by atoms with E-state index in [1.165, 1.54) is 4.68 Å². The standard InChI is InChI=1S/C22H21N3O3/c1-3-28-21(27)25-19(14-7-5-4-6-8-14)17-10-9-16-11-18(26)15(13-23)12-22(16,2)20(17)24-25/h4-8,12,16H,3,9-11H2,1-2H3. The van der Waals surface area contributed by atoms with Gasteiger partial charge in [0.1, 0.15) is 6.07 Å². The van der Waals surface area contributed by atoms with Crippen LogP contribution in [0, 0.1) is 17.2 Å². The van der Waals surface area contributed by atoms with E-state index >= 15 is 0 Å². The van der Waals surface area contributed by atoms with Crippen molar-refractivity contribution >= 4 is 11.9 Å². The van der Waals surface area contributed by atoms with Crippen LogP contribution in [0.4, 0.5) is 4.79 Å². The third kappa shape index (κ3) is 2.66. The van der Waals surface area contributed by atoms with E-state index in [2.05, 4.69) is 5.10 Å². The summed E-state index contributed by atoms with van der Waals surface area (Å²) in [6.45, 7) is 4.02. The molecule has 1 heterocycles. The second-order valence-corrected chi connectivity index (χ2v) is 7.47. The average Bonchev–Trinajstić information content (AvgIpc) is 3.10. The summed E-state index contributed by atoms with van der Waals surface area (Å²) in [5.41, 5.74) is 2.99. The van der Waals surface area contributed by atoms with Gasteiger partial charge in [-0.15, -0.1) is 0 Å². The van der Waals surface area contributed by atoms with Crippen molar-refractivity contribution in [2.75, 3.05) is 6.61 Å². The van der Waals surface area contributed by atoms with E-state index in [1.54, 1.807) is 13.0 Å². The van der Waals surface area contributed by atoms with Crippen molar-refractivity contribution in [2.24, 2.45) is 5.92 Å². The van der Waals surface area contributed by atoms with Gasteiger partial charge >= 0.3 is 6.09 Å². The minimum absolute atomic E-state index is 0.0683. The number of allylic oxidation sites excluding steroid dienone is 2. The molecule has 142 valence electrons. The molecule has 2 unspecified atom stereocenters. The summed E-state index contributed by atoms with van der Waals surface area (Å²) in [5, 5.41) is 14.0. The molecule has 0 saturated heterocycles. The van der Waals surface area contributed by atoms with Gasteiger partial charge in [-0.1, -0.05) is 43.3 Å². The van der Waals surface area contributed by atoms with Crippen molar-refractivity contribution in [3.63, 3.8) is 0 Å². The Labute approximate surface area is 163 Å². The van der Waals surface area contributed by atoms with E-state index in [0.29, 0.717) is 6.42 Å². The number of hydrogen-bond donors (Lipinski definition) is 0. The Morgan fingerprint density at radius 3 is 2.82 bits per heavy atom. The number of ketones is 1. The molecule has 0 bridgehead atoms. The fraction of sp³-hybridized carbons (Fsp3) is 0.364. The lowest BCUT2D eigenvalue weighted by Crippen LogP contribution is -2.40. The SMILES string of the molecule is CCOC(=O)n1nc2c(c1-c1ccccc1)CCC1CC(=O)C(C#N)=CC21C. The first-order valence-electron chi connectivity index (χ1n) is 9.50. The van der Waals surface area contributed by atoms with Gasteiger partial charge in [0.25, 0.3) is 0 Å². The summed E-state index contributed by atoms with van der Waals surface area (Å²) >= 11 is 0. The van der Waals surface area contributed by atoms with Gasteiger partial charge in [-0.05, 0) is 25.7 Å². The highest BCUT2D eigenvalue weighted by Crippen LogP contribution is 2.49. The zero-order chi connectivity index (χ0) is 19.9. The zero-order valence-corrected chi connectivity index (χ0v) is 15.9. The Kier molecular flexibility index (Phi) is 4.38. The molecule has 0 amide bonds. The van der Waals surface area contributed by atoms with Gasteiger partial charge in [-0.3, -0.25) is 4.79 Å². The van der Waals surface area contributed by atoms with E-state index in [-0.39, 0.29) is 23.9 Å². The Morgan fingerprint density at radius 2 is 2.14 bits per heavy atom. The molecule has 2 aromatic rings. The highest BCUT2D eigenvalue weighted by atomic mass is 16.5. The van der Waals surface area contributed by atoms with Crippen LogP contribution in [0.15, 0.2) is 42.0 Å². The maximum Gasteiger partial charge on any atom is 0.435 e. The molecule has 2 atom stereocenters. The fourth-order valence-electron chi connectivity index (χ4n) is 4.45. The molecule has 0 spiro atoms. The molecular formula is C22H21N3O3. The van der Waals surface area contributed by atoms with Gasteiger partial charge in [0.2, 0.25) is 0 Å². The number of benzene rings is 1. The highest BCUT2D eigenvalue weighted by molar-refractivity contribution is 6.00. The molecule has 0 saturated carbocycles. The van der Waals surface area contributed by atoms with Crippen LogP contribution in [0.25, 0.3) is 11.3 Å². The van der Waals surface area contributed by atoms with Gasteiger partial charge in [0, 0.05) is 23.0 Å². The van der Waals surface area contributed by atoms with E-state index in [9.17, 15) is 14.9 Å². The van der Waals surface area contributed by atoms with Gasteiger partial charge in [-0.2, -0.15) is 15.0 Å². The second kappa shape index (κ2) is 6.75. The predicted octanol–water partition coefficient (Wildman–Crippen LogP) is 3.80. The van der Waals surface area contributed by atoms with Crippen molar-refractivity contribution in [3.8, 4) is 17.3 Å². The van der Waals surface area contributed by atoms with Crippen molar-refractivity contribution in [3.05, 3.63) is 53.2 Å². The molecule has 0 fully saturated rings. The largest absolute Gasteiger partial charge is 0.448 e. The number of fused-ring (bicyclic) bond motifs is 3. The van der Waals surface area contributed by atoms with E-state index in [4.69, 9.17) is 4.74 Å². The summed E-state index contributed by atoms with van der Waals surface area (Å²) in [4.78, 5) is 24.9. The lowest BCUT2D eigenvalue weighted by atomic mass is 9.61. The molecule has 6 nitrogen and oxygen atoms in total. The normalized spacial score (nSPS) is 23.2. The maximum absolute atomic E-state index is 12.6. The molecule has 6 heteroatoms. The van der Waals surface area contributed by atoms with Gasteiger partial charge in [-0.25, -0.2) is 4.79 Å². The maximum atomic E-state index is 12.6. The van der Waals surface area contributed by atoms with Crippen LogP contribution < -0.4 is 0 Å². The molecule has 2 aliphatic rings. The number of nitriles is 1. The Hall–Kier alpha value is -3.20. The molecule has 28 heavy (non-hydrogen) atoms. The Bertz CT molecular complexity index is 1030. The van der Waals surface area contributed by atoms with Crippen molar-refractivity contribution < 1.29 is 14.3 Å². The number of nitrogens with zero attached hydrogens (tertiary/aromatic N) is 3. The molecule has 0 N–H and O–H groups in total. The summed E-state index contributed by atoms with van der Waals surface area (Å²) in [6, 6.07) is 11.7. The lowest BCUT2D eigenvalue weighted by Gasteiger charge is -2.40. The predicted molar refractivity (Wildman–Crippen MR) is 103 cm³/mol. The fourth-order valence-corrected chi connectivity index (χ4v) is 4.45. The molecule has 1 aromatic carbocycles. The van der Waals surface area contributed by atoms with Crippen LogP contribution in [0.1, 0.15) is 37.9 Å². The average molecular weight is 375 g/mol. The number of Topliss-reactive ketones (excluding diaryl/α,β-unsaturated/α-hetero) is 1. The lowest BCUT2D eigenvalue weighted by molar-refractivity contribution is -0.117. The van der Waals surface area contributed by atoms with Gasteiger partial charge < -0.3 is 4.74 Å². The molecular weight excluding hydrogens is 354 g/mol. The van der Waals surface area contributed by atoms with E-state index in [1.807, 2.05) is 43.3 Å². The van der Waals surface area contributed by atoms with Gasteiger partial charge in [0.15, 0.2) is 5.78 Å². The highest BCUT2D eigenvalue weighted by Gasteiger charge is 2.47. The van der Waals surface area contributed by atoms with Crippen LogP contribution in [0.2, 0.25) is 0 Å². The number of carbonyl (C=O) groups excluding carboxylic acids is 2. The smallest absolute Gasteiger partial charge is 0.435 e. The third-order valence-corrected chi connectivity index (χ3v) is 5.87. The summed E-state index contributed by atoms with van der Waals surface area (Å²) in [5.74, 6) is -0.0414. The number of carbonyl (C=O) groups is 2. The Morgan fingerprint density at radius 1 is 1.39 bits per heavy atom. The second-order valence-electron chi connectivity index (χ2n) is 7.47. The minimum Gasteiger partial charge on any atom is -0.448 e. The molecule has 0 aliphatic heterocycles. The van der Waals surface area contributed by atoms with Crippen molar-refractivity contribution in [2.45, 2.75) is 38.5 Å². The number of hydrogen-bond acceptors (Lipinski definition) is 5.